The van der Waals surface area contributed by atoms with Gasteiger partial charge in [0.1, 0.15) is 5.58 Å². The van der Waals surface area contributed by atoms with Crippen molar-refractivity contribution in [3.63, 3.8) is 0 Å². The first kappa shape index (κ1) is 17.4. The third-order valence-electron chi connectivity index (χ3n) is 6.99. The van der Waals surface area contributed by atoms with Crippen LogP contribution in [-0.2, 0) is 13.0 Å². The van der Waals surface area contributed by atoms with Gasteiger partial charge in [0, 0.05) is 44.7 Å². The summed E-state index contributed by atoms with van der Waals surface area (Å²) >= 11 is 0. The molecule has 4 nitrogen and oxygen atoms in total. The van der Waals surface area contributed by atoms with Crippen LogP contribution in [-0.4, -0.2) is 42.5 Å². The summed E-state index contributed by atoms with van der Waals surface area (Å²) in [6.45, 7) is 8.59. The largest absolute Gasteiger partial charge is 0.422 e. The highest BCUT2D eigenvalue weighted by Gasteiger charge is 2.30. The second-order valence-corrected chi connectivity index (χ2v) is 9.03. The van der Waals surface area contributed by atoms with Gasteiger partial charge in [-0.15, -0.1) is 0 Å². The number of likely N-dealkylation sites (tertiary alicyclic amines) is 1. The van der Waals surface area contributed by atoms with Crippen LogP contribution in [0.4, 0.5) is 0 Å². The molecule has 27 heavy (non-hydrogen) atoms. The fourth-order valence-corrected chi connectivity index (χ4v) is 5.62. The highest BCUT2D eigenvalue weighted by Crippen LogP contribution is 2.34. The van der Waals surface area contributed by atoms with Crippen molar-refractivity contribution in [1.82, 2.24) is 9.80 Å². The SMILES string of the molecule is Cc1ccc2c3c(c(=O)oc2c1)CN(CCN1CC2CCCC(C2)C1)CC3. The van der Waals surface area contributed by atoms with Crippen molar-refractivity contribution in [2.75, 3.05) is 32.7 Å². The summed E-state index contributed by atoms with van der Waals surface area (Å²) in [5.41, 5.74) is 3.83. The number of benzene rings is 1. The number of aryl methyl sites for hydroxylation is 1. The van der Waals surface area contributed by atoms with E-state index in [-0.39, 0.29) is 5.63 Å². The predicted molar refractivity (Wildman–Crippen MR) is 108 cm³/mol. The maximum absolute atomic E-state index is 12.6. The molecule has 0 N–H and O–H groups in total. The minimum atomic E-state index is -0.139. The number of nitrogens with zero attached hydrogens (tertiary/aromatic N) is 2. The zero-order valence-electron chi connectivity index (χ0n) is 16.4. The van der Waals surface area contributed by atoms with Gasteiger partial charge in [-0.3, -0.25) is 4.90 Å². The summed E-state index contributed by atoms with van der Waals surface area (Å²) in [5.74, 6) is 1.86. The molecule has 0 spiro atoms. The van der Waals surface area contributed by atoms with Crippen LogP contribution in [0.1, 0.15) is 42.4 Å². The van der Waals surface area contributed by atoms with Crippen molar-refractivity contribution in [2.24, 2.45) is 11.8 Å². The molecule has 0 radical (unpaired) electrons. The lowest BCUT2D eigenvalue weighted by molar-refractivity contribution is 0.0749. The average Bonchev–Trinajstić information content (AvgIpc) is 2.66. The molecule has 2 aromatic rings. The van der Waals surface area contributed by atoms with Crippen LogP contribution in [0.2, 0.25) is 0 Å². The second kappa shape index (κ2) is 7.06. The molecule has 1 saturated heterocycles. The van der Waals surface area contributed by atoms with Gasteiger partial charge in [-0.2, -0.15) is 0 Å². The molecule has 2 fully saturated rings. The maximum Gasteiger partial charge on any atom is 0.341 e. The van der Waals surface area contributed by atoms with Crippen LogP contribution in [0, 0.1) is 18.8 Å². The van der Waals surface area contributed by atoms with Gasteiger partial charge < -0.3 is 9.32 Å². The van der Waals surface area contributed by atoms with E-state index in [1.54, 1.807) is 0 Å². The van der Waals surface area contributed by atoms with E-state index in [9.17, 15) is 4.79 Å². The van der Waals surface area contributed by atoms with Crippen LogP contribution in [0.3, 0.4) is 0 Å². The summed E-state index contributed by atoms with van der Waals surface area (Å²) < 4.78 is 5.64. The van der Waals surface area contributed by atoms with Gasteiger partial charge in [0.2, 0.25) is 0 Å². The van der Waals surface area contributed by atoms with E-state index >= 15 is 0 Å². The Morgan fingerprint density at radius 2 is 1.85 bits per heavy atom. The number of hydrogen-bond donors (Lipinski definition) is 0. The van der Waals surface area contributed by atoms with Gasteiger partial charge in [-0.1, -0.05) is 18.6 Å². The topological polar surface area (TPSA) is 36.7 Å². The lowest BCUT2D eigenvalue weighted by atomic mass is 9.78. The smallest absolute Gasteiger partial charge is 0.341 e. The molecule has 3 heterocycles. The zero-order valence-corrected chi connectivity index (χ0v) is 16.4. The molecular weight excluding hydrogens is 336 g/mol. The Hall–Kier alpha value is -1.65. The number of piperidine rings is 1. The molecule has 1 aliphatic carbocycles. The number of fused-ring (bicyclic) bond motifs is 5. The first-order chi connectivity index (χ1) is 13.2. The van der Waals surface area contributed by atoms with Crippen molar-refractivity contribution in [3.05, 3.63) is 45.3 Å². The molecule has 144 valence electrons. The fraction of sp³-hybridized carbons (Fsp3) is 0.609. The van der Waals surface area contributed by atoms with Crippen molar-refractivity contribution >= 4 is 11.0 Å². The summed E-state index contributed by atoms with van der Waals surface area (Å²) in [7, 11) is 0. The lowest BCUT2D eigenvalue weighted by Crippen LogP contribution is -2.46. The minimum Gasteiger partial charge on any atom is -0.422 e. The highest BCUT2D eigenvalue weighted by atomic mass is 16.4. The Kier molecular flexibility index (Phi) is 4.57. The maximum atomic E-state index is 12.6. The predicted octanol–water partition coefficient (Wildman–Crippen LogP) is 3.58. The first-order valence-electron chi connectivity index (χ1n) is 10.7. The summed E-state index contributed by atoms with van der Waals surface area (Å²) in [5, 5.41) is 1.12. The van der Waals surface area contributed by atoms with Gasteiger partial charge in [-0.25, -0.2) is 4.79 Å². The Morgan fingerprint density at radius 1 is 1.07 bits per heavy atom. The van der Waals surface area contributed by atoms with Gasteiger partial charge in [0.05, 0.1) is 5.56 Å². The Labute approximate surface area is 161 Å². The molecule has 1 aromatic carbocycles. The molecule has 4 heteroatoms. The number of hydrogen-bond acceptors (Lipinski definition) is 4. The summed E-state index contributed by atoms with van der Waals surface area (Å²) in [4.78, 5) is 17.7. The van der Waals surface area contributed by atoms with E-state index in [2.05, 4.69) is 21.9 Å². The molecular formula is C23H30N2O2. The fourth-order valence-electron chi connectivity index (χ4n) is 5.62. The van der Waals surface area contributed by atoms with Crippen molar-refractivity contribution in [1.29, 1.82) is 0 Å². The summed E-state index contributed by atoms with van der Waals surface area (Å²) in [6, 6.07) is 6.22. The molecule has 0 amide bonds. The first-order valence-corrected chi connectivity index (χ1v) is 10.7. The molecule has 3 aliphatic rings. The zero-order chi connectivity index (χ0) is 18.4. The third kappa shape index (κ3) is 3.45. The van der Waals surface area contributed by atoms with E-state index in [4.69, 9.17) is 4.42 Å². The quantitative estimate of drug-likeness (QED) is 0.778. The highest BCUT2D eigenvalue weighted by molar-refractivity contribution is 5.82. The molecule has 2 bridgehead atoms. The lowest BCUT2D eigenvalue weighted by Gasteiger charge is -2.42. The molecule has 1 saturated carbocycles. The van der Waals surface area contributed by atoms with E-state index in [0.717, 1.165) is 66.5 Å². The van der Waals surface area contributed by atoms with Gasteiger partial charge in [0.15, 0.2) is 0 Å². The van der Waals surface area contributed by atoms with E-state index in [1.165, 1.54) is 44.3 Å². The van der Waals surface area contributed by atoms with Crippen molar-refractivity contribution in [3.8, 4) is 0 Å². The third-order valence-corrected chi connectivity index (χ3v) is 6.99. The Balaban J connectivity index is 1.28. The van der Waals surface area contributed by atoms with Crippen molar-refractivity contribution < 1.29 is 4.42 Å². The Bertz CT molecular complexity index is 891. The van der Waals surface area contributed by atoms with E-state index in [0.29, 0.717) is 0 Å². The van der Waals surface area contributed by atoms with Crippen LogP contribution in [0.15, 0.2) is 27.4 Å². The number of rotatable bonds is 3. The second-order valence-electron chi connectivity index (χ2n) is 9.03. The van der Waals surface area contributed by atoms with E-state index in [1.807, 2.05) is 13.0 Å². The molecule has 2 aliphatic heterocycles. The monoisotopic (exact) mass is 366 g/mol. The van der Waals surface area contributed by atoms with Gasteiger partial charge in [0.25, 0.3) is 0 Å². The molecule has 2 atom stereocenters. The Morgan fingerprint density at radius 3 is 2.67 bits per heavy atom. The summed E-state index contributed by atoms with van der Waals surface area (Å²) in [6.07, 6.45) is 6.71. The average molecular weight is 367 g/mol. The van der Waals surface area contributed by atoms with Crippen LogP contribution >= 0.6 is 0 Å². The molecule has 2 unspecified atom stereocenters. The van der Waals surface area contributed by atoms with Crippen molar-refractivity contribution in [2.45, 2.75) is 45.6 Å². The standard InChI is InChI=1S/C23H30N2O2/c1-16-5-6-20-19-7-8-24(15-21(19)23(26)27-22(20)11-16)9-10-25-13-17-3-2-4-18(12-17)14-25/h5-6,11,17-18H,2-4,7-10,12-15H2,1H3. The van der Waals surface area contributed by atoms with Crippen LogP contribution < -0.4 is 5.63 Å². The normalized spacial score (nSPS) is 26.3. The molecule has 5 rings (SSSR count). The van der Waals surface area contributed by atoms with Crippen LogP contribution in [0.5, 0.6) is 0 Å². The van der Waals surface area contributed by atoms with E-state index < -0.39 is 0 Å². The van der Waals surface area contributed by atoms with Crippen LogP contribution in [0.25, 0.3) is 11.0 Å². The molecule has 1 aromatic heterocycles. The minimum absolute atomic E-state index is 0.139. The van der Waals surface area contributed by atoms with Gasteiger partial charge in [-0.05, 0) is 61.6 Å². The van der Waals surface area contributed by atoms with Gasteiger partial charge >= 0.3 is 5.63 Å².